The van der Waals surface area contributed by atoms with Crippen molar-refractivity contribution in [3.63, 3.8) is 0 Å². The maximum atomic E-state index is 12.6. The Hall–Kier alpha value is -3.39. The number of carbonyl (C=O) groups is 1. The molecule has 0 atom stereocenters. The van der Waals surface area contributed by atoms with E-state index in [1.165, 1.54) is 42.2 Å². The van der Waals surface area contributed by atoms with Gasteiger partial charge in [0, 0.05) is 11.6 Å². The van der Waals surface area contributed by atoms with E-state index in [0.29, 0.717) is 17.2 Å². The van der Waals surface area contributed by atoms with E-state index in [4.69, 9.17) is 9.47 Å². The number of methoxy groups -OCH3 is 1. The third-order valence-corrected chi connectivity index (χ3v) is 5.49. The first-order valence-corrected chi connectivity index (χ1v) is 10.1. The van der Waals surface area contributed by atoms with E-state index in [-0.39, 0.29) is 17.3 Å². The number of ether oxygens (including phenoxy) is 2. The molecular formula is C22H22N2O5S. The quantitative estimate of drug-likeness (QED) is 0.402. The number of thiophene rings is 1. The van der Waals surface area contributed by atoms with Crippen molar-refractivity contribution >= 4 is 28.6 Å². The fraction of sp³-hybridized carbons (Fsp3) is 0.227. The lowest BCUT2D eigenvalue weighted by molar-refractivity contribution is -0.384. The number of hydrogen-bond acceptors (Lipinski definition) is 6. The monoisotopic (exact) mass is 426 g/mol. The summed E-state index contributed by atoms with van der Waals surface area (Å²) in [6.45, 7) is 6.43. The molecule has 0 aliphatic rings. The van der Waals surface area contributed by atoms with Crippen molar-refractivity contribution in [1.82, 2.24) is 0 Å². The zero-order valence-electron chi connectivity index (χ0n) is 17.1. The van der Waals surface area contributed by atoms with Crippen LogP contribution in [0.15, 0.2) is 41.8 Å². The van der Waals surface area contributed by atoms with Gasteiger partial charge in [-0.1, -0.05) is 17.7 Å². The van der Waals surface area contributed by atoms with Gasteiger partial charge in [-0.3, -0.25) is 14.9 Å². The van der Waals surface area contributed by atoms with E-state index in [1.807, 2.05) is 26.2 Å². The number of amides is 1. The third-order valence-electron chi connectivity index (χ3n) is 4.51. The second-order valence-electron chi connectivity index (χ2n) is 6.93. The van der Waals surface area contributed by atoms with Crippen LogP contribution in [0.5, 0.6) is 11.5 Å². The van der Waals surface area contributed by atoms with Crippen LogP contribution in [-0.4, -0.2) is 17.9 Å². The van der Waals surface area contributed by atoms with Gasteiger partial charge in [0.2, 0.25) is 0 Å². The van der Waals surface area contributed by atoms with Crippen LogP contribution in [0.1, 0.15) is 31.9 Å². The minimum Gasteiger partial charge on any atom is -0.494 e. The average molecular weight is 426 g/mol. The summed E-state index contributed by atoms with van der Waals surface area (Å²) in [6, 6.07) is 9.97. The molecule has 0 radical (unpaired) electrons. The lowest BCUT2D eigenvalue weighted by Crippen LogP contribution is -2.11. The van der Waals surface area contributed by atoms with Crippen molar-refractivity contribution in [1.29, 1.82) is 0 Å². The second kappa shape index (κ2) is 8.96. The van der Waals surface area contributed by atoms with E-state index < -0.39 is 4.92 Å². The molecule has 0 aliphatic heterocycles. The van der Waals surface area contributed by atoms with E-state index >= 15 is 0 Å². The van der Waals surface area contributed by atoms with E-state index in [0.717, 1.165) is 22.4 Å². The van der Waals surface area contributed by atoms with Crippen LogP contribution >= 0.6 is 11.3 Å². The van der Waals surface area contributed by atoms with Crippen LogP contribution < -0.4 is 14.8 Å². The van der Waals surface area contributed by atoms with Gasteiger partial charge in [0.05, 0.1) is 28.7 Å². The van der Waals surface area contributed by atoms with E-state index in [9.17, 15) is 14.9 Å². The number of anilines is 1. The largest absolute Gasteiger partial charge is 0.494 e. The molecule has 0 unspecified atom stereocenters. The third kappa shape index (κ3) is 4.77. The molecule has 7 nitrogen and oxygen atoms in total. The number of non-ortho nitro benzene ring substituents is 1. The number of carbonyl (C=O) groups excluding carboxylic acids is 1. The van der Waals surface area contributed by atoms with Crippen molar-refractivity contribution in [3.8, 4) is 11.5 Å². The van der Waals surface area contributed by atoms with Crippen LogP contribution in [-0.2, 0) is 6.61 Å². The molecule has 1 N–H and O–H groups in total. The minimum absolute atomic E-state index is 0.109. The number of benzene rings is 2. The number of nitro groups is 1. The Balaban J connectivity index is 1.69. The SMILES string of the molecule is COc1cc([N+](=O)[O-])ccc1NC(=O)c1cc(COc2c(C)cc(C)cc2C)cs1. The highest BCUT2D eigenvalue weighted by atomic mass is 32.1. The maximum Gasteiger partial charge on any atom is 0.273 e. The van der Waals surface area contributed by atoms with Crippen LogP contribution in [0, 0.1) is 30.9 Å². The molecule has 0 saturated heterocycles. The van der Waals surface area contributed by atoms with Crippen LogP contribution in [0.4, 0.5) is 11.4 Å². The average Bonchev–Trinajstić information content (AvgIpc) is 3.16. The van der Waals surface area contributed by atoms with Crippen molar-refractivity contribution in [3.05, 3.63) is 79.0 Å². The predicted molar refractivity (Wildman–Crippen MR) is 117 cm³/mol. The summed E-state index contributed by atoms with van der Waals surface area (Å²) in [5.41, 5.74) is 4.48. The van der Waals surface area contributed by atoms with Gasteiger partial charge in [0.15, 0.2) is 0 Å². The van der Waals surface area contributed by atoms with Crippen LogP contribution in [0.25, 0.3) is 0 Å². The molecule has 0 fully saturated rings. The number of hydrogen-bond donors (Lipinski definition) is 1. The topological polar surface area (TPSA) is 90.7 Å². The highest BCUT2D eigenvalue weighted by Gasteiger charge is 2.16. The minimum atomic E-state index is -0.517. The second-order valence-corrected chi connectivity index (χ2v) is 7.84. The highest BCUT2D eigenvalue weighted by Crippen LogP contribution is 2.30. The van der Waals surface area contributed by atoms with Gasteiger partial charge in [-0.25, -0.2) is 0 Å². The Kier molecular flexibility index (Phi) is 6.37. The maximum absolute atomic E-state index is 12.6. The number of rotatable bonds is 7. The molecule has 8 heteroatoms. The smallest absolute Gasteiger partial charge is 0.273 e. The van der Waals surface area contributed by atoms with Gasteiger partial charge in [-0.05, 0) is 49.4 Å². The van der Waals surface area contributed by atoms with Crippen molar-refractivity contribution < 1.29 is 19.2 Å². The van der Waals surface area contributed by atoms with Gasteiger partial charge >= 0.3 is 0 Å². The number of nitrogens with one attached hydrogen (secondary N) is 1. The molecule has 156 valence electrons. The number of nitrogens with zero attached hydrogens (tertiary/aromatic N) is 1. The van der Waals surface area contributed by atoms with Crippen molar-refractivity contribution in [2.75, 3.05) is 12.4 Å². The van der Waals surface area contributed by atoms with E-state index in [2.05, 4.69) is 17.4 Å². The summed E-state index contributed by atoms with van der Waals surface area (Å²) in [6.07, 6.45) is 0. The Morgan fingerprint density at radius 2 is 1.83 bits per heavy atom. The normalized spacial score (nSPS) is 10.5. The zero-order valence-corrected chi connectivity index (χ0v) is 18.0. The molecule has 0 spiro atoms. The number of nitro benzene ring substituents is 1. The summed E-state index contributed by atoms with van der Waals surface area (Å²) in [4.78, 5) is 23.5. The van der Waals surface area contributed by atoms with Gasteiger partial charge in [-0.2, -0.15) is 0 Å². The molecule has 2 aromatic carbocycles. The van der Waals surface area contributed by atoms with Crippen molar-refractivity contribution in [2.24, 2.45) is 0 Å². The van der Waals surface area contributed by atoms with Gasteiger partial charge < -0.3 is 14.8 Å². The summed E-state index contributed by atoms with van der Waals surface area (Å²) in [5.74, 6) is 0.762. The standard InChI is InChI=1S/C22H22N2O5S/c1-13-7-14(2)21(15(3)8-13)29-11-16-9-20(30-12-16)22(25)23-18-6-5-17(24(26)27)10-19(18)28-4/h5-10,12H,11H2,1-4H3,(H,23,25). The number of aryl methyl sites for hydroxylation is 3. The van der Waals surface area contributed by atoms with Gasteiger partial charge in [0.25, 0.3) is 11.6 Å². The Morgan fingerprint density at radius 1 is 1.13 bits per heavy atom. The molecule has 3 rings (SSSR count). The van der Waals surface area contributed by atoms with Crippen molar-refractivity contribution in [2.45, 2.75) is 27.4 Å². The van der Waals surface area contributed by atoms with E-state index in [1.54, 1.807) is 6.07 Å². The fourth-order valence-corrected chi connectivity index (χ4v) is 3.99. The summed E-state index contributed by atoms with van der Waals surface area (Å²) in [5, 5.41) is 15.5. The highest BCUT2D eigenvalue weighted by molar-refractivity contribution is 7.12. The van der Waals surface area contributed by atoms with Crippen LogP contribution in [0.3, 0.4) is 0 Å². The lowest BCUT2D eigenvalue weighted by atomic mass is 10.1. The molecule has 0 aliphatic carbocycles. The first kappa shape index (κ1) is 21.3. The molecule has 0 saturated carbocycles. The van der Waals surface area contributed by atoms with Gasteiger partial charge in [0.1, 0.15) is 18.1 Å². The van der Waals surface area contributed by atoms with Crippen LogP contribution in [0.2, 0.25) is 0 Å². The Morgan fingerprint density at radius 3 is 2.47 bits per heavy atom. The molecule has 1 heterocycles. The molecule has 1 amide bonds. The molecular weight excluding hydrogens is 404 g/mol. The summed E-state index contributed by atoms with van der Waals surface area (Å²) < 4.78 is 11.1. The Labute approximate surface area is 178 Å². The molecule has 0 bridgehead atoms. The fourth-order valence-electron chi connectivity index (χ4n) is 3.20. The first-order valence-electron chi connectivity index (χ1n) is 9.20. The predicted octanol–water partition coefficient (Wildman–Crippen LogP) is 5.42. The zero-order chi connectivity index (χ0) is 21.8. The summed E-state index contributed by atoms with van der Waals surface area (Å²) in [7, 11) is 1.39. The first-order chi connectivity index (χ1) is 14.3. The molecule has 3 aromatic rings. The summed E-state index contributed by atoms with van der Waals surface area (Å²) >= 11 is 1.30. The lowest BCUT2D eigenvalue weighted by Gasteiger charge is -2.12. The van der Waals surface area contributed by atoms with Gasteiger partial charge in [-0.15, -0.1) is 11.3 Å². The Bertz CT molecular complexity index is 1080. The molecule has 1 aromatic heterocycles. The molecule has 30 heavy (non-hydrogen) atoms.